The summed E-state index contributed by atoms with van der Waals surface area (Å²) in [5, 5.41) is 2.30. The fourth-order valence-electron chi connectivity index (χ4n) is 1.25. The number of esters is 1. The van der Waals surface area contributed by atoms with E-state index >= 15 is 0 Å². The van der Waals surface area contributed by atoms with Crippen LogP contribution in [0.5, 0.6) is 5.75 Å². The number of pyridine rings is 1. The van der Waals surface area contributed by atoms with Gasteiger partial charge in [0.1, 0.15) is 6.54 Å². The Bertz CT molecular complexity index is 535. The van der Waals surface area contributed by atoms with Crippen LogP contribution in [0.2, 0.25) is 0 Å². The van der Waals surface area contributed by atoms with E-state index in [1.54, 1.807) is 18.5 Å². The van der Waals surface area contributed by atoms with Crippen molar-refractivity contribution in [3.8, 4) is 5.75 Å². The van der Waals surface area contributed by atoms with Crippen LogP contribution in [0.1, 0.15) is 5.69 Å². The van der Waals surface area contributed by atoms with Gasteiger partial charge in [0.2, 0.25) is 5.43 Å². The van der Waals surface area contributed by atoms with Crippen molar-refractivity contribution in [2.75, 3.05) is 20.3 Å². The first-order valence-corrected chi connectivity index (χ1v) is 5.57. The summed E-state index contributed by atoms with van der Waals surface area (Å²) >= 11 is 0. The van der Waals surface area contributed by atoms with Crippen molar-refractivity contribution in [3.63, 3.8) is 0 Å². The second kappa shape index (κ2) is 6.58. The molecule has 0 unspecified atom stereocenters. The van der Waals surface area contributed by atoms with E-state index in [-0.39, 0.29) is 24.3 Å². The molecular formula is C12H16N2O5. The summed E-state index contributed by atoms with van der Waals surface area (Å²) in [5.74, 6) is -0.978. The average molecular weight is 268 g/mol. The van der Waals surface area contributed by atoms with Gasteiger partial charge in [-0.3, -0.25) is 14.4 Å². The minimum Gasteiger partial charge on any atom is -0.478 e. The Labute approximate surface area is 110 Å². The molecule has 0 aromatic carbocycles. The molecule has 1 N–H and O–H groups in total. The molecule has 1 aromatic rings. The molecule has 0 saturated carbocycles. The number of amides is 1. The van der Waals surface area contributed by atoms with Crippen LogP contribution in [-0.4, -0.2) is 36.7 Å². The van der Waals surface area contributed by atoms with Crippen LogP contribution in [0.15, 0.2) is 17.1 Å². The molecule has 0 aliphatic carbocycles. The maximum Gasteiger partial charge on any atom is 0.325 e. The van der Waals surface area contributed by atoms with E-state index < -0.39 is 11.9 Å². The summed E-state index contributed by atoms with van der Waals surface area (Å²) in [5.41, 5.74) is 0.490. The SMILES string of the molecule is COC(=O)CNC(=O)COc1cn(C)c(C)cc1=O. The zero-order valence-corrected chi connectivity index (χ0v) is 11.1. The summed E-state index contributed by atoms with van der Waals surface area (Å²) in [7, 11) is 2.99. The van der Waals surface area contributed by atoms with E-state index in [0.29, 0.717) is 0 Å². The summed E-state index contributed by atoms with van der Waals surface area (Å²) in [4.78, 5) is 33.7. The molecule has 1 heterocycles. The van der Waals surface area contributed by atoms with Gasteiger partial charge in [0, 0.05) is 25.0 Å². The number of hydrogen-bond acceptors (Lipinski definition) is 5. The highest BCUT2D eigenvalue weighted by atomic mass is 16.5. The standard InChI is InChI=1S/C12H16N2O5/c1-8-4-9(15)10(6-14(8)2)19-7-11(16)13-5-12(17)18-3/h4,6H,5,7H2,1-3H3,(H,13,16). The molecule has 1 aromatic heterocycles. The van der Waals surface area contributed by atoms with E-state index in [9.17, 15) is 14.4 Å². The maximum absolute atomic E-state index is 11.6. The summed E-state index contributed by atoms with van der Waals surface area (Å²) in [6.07, 6.45) is 1.51. The molecule has 0 spiro atoms. The Hall–Kier alpha value is -2.31. The molecule has 0 radical (unpaired) electrons. The molecule has 0 saturated heterocycles. The number of carbonyl (C=O) groups excluding carboxylic acids is 2. The Kier molecular flexibility index (Phi) is 5.11. The van der Waals surface area contributed by atoms with E-state index in [0.717, 1.165) is 5.69 Å². The molecular weight excluding hydrogens is 252 g/mol. The van der Waals surface area contributed by atoms with Gasteiger partial charge in [-0.15, -0.1) is 0 Å². The predicted octanol–water partition coefficient (Wildman–Crippen LogP) is -0.638. The fourth-order valence-corrected chi connectivity index (χ4v) is 1.25. The summed E-state index contributed by atoms with van der Waals surface area (Å²) in [6.45, 7) is 1.22. The quantitative estimate of drug-likeness (QED) is 0.718. The molecule has 0 bridgehead atoms. The first kappa shape index (κ1) is 14.7. The van der Waals surface area contributed by atoms with Crippen LogP contribution in [-0.2, 0) is 21.4 Å². The Morgan fingerprint density at radius 1 is 1.42 bits per heavy atom. The van der Waals surface area contributed by atoms with E-state index in [4.69, 9.17) is 4.74 Å². The van der Waals surface area contributed by atoms with Crippen LogP contribution in [0.25, 0.3) is 0 Å². The molecule has 7 nitrogen and oxygen atoms in total. The van der Waals surface area contributed by atoms with E-state index in [1.807, 2.05) is 0 Å². The highest BCUT2D eigenvalue weighted by Crippen LogP contribution is 2.04. The lowest BCUT2D eigenvalue weighted by atomic mass is 10.3. The minimum atomic E-state index is -0.556. The van der Waals surface area contributed by atoms with Crippen LogP contribution >= 0.6 is 0 Å². The van der Waals surface area contributed by atoms with Crippen LogP contribution < -0.4 is 15.5 Å². The number of rotatable bonds is 5. The number of methoxy groups -OCH3 is 1. The topological polar surface area (TPSA) is 86.6 Å². The van der Waals surface area contributed by atoms with Crippen molar-refractivity contribution < 1.29 is 19.1 Å². The van der Waals surface area contributed by atoms with Gasteiger partial charge in [-0.05, 0) is 6.92 Å². The monoisotopic (exact) mass is 268 g/mol. The lowest BCUT2D eigenvalue weighted by Crippen LogP contribution is -2.34. The molecule has 0 aliphatic heterocycles. The second-order valence-corrected chi connectivity index (χ2v) is 3.90. The lowest BCUT2D eigenvalue weighted by molar-refractivity contribution is -0.141. The van der Waals surface area contributed by atoms with Crippen molar-refractivity contribution >= 4 is 11.9 Å². The molecule has 1 amide bonds. The Morgan fingerprint density at radius 2 is 2.11 bits per heavy atom. The van der Waals surface area contributed by atoms with E-state index in [2.05, 4.69) is 10.1 Å². The second-order valence-electron chi connectivity index (χ2n) is 3.90. The van der Waals surface area contributed by atoms with Crippen molar-refractivity contribution in [3.05, 3.63) is 28.2 Å². The summed E-state index contributed by atoms with van der Waals surface area (Å²) < 4.78 is 11.2. The van der Waals surface area contributed by atoms with E-state index in [1.165, 1.54) is 19.4 Å². The number of ether oxygens (including phenoxy) is 2. The molecule has 0 aliphatic rings. The number of aromatic nitrogens is 1. The molecule has 0 fully saturated rings. The largest absolute Gasteiger partial charge is 0.478 e. The van der Waals surface area contributed by atoms with Crippen LogP contribution in [0.3, 0.4) is 0 Å². The third-order valence-electron chi connectivity index (χ3n) is 2.47. The highest BCUT2D eigenvalue weighted by molar-refractivity contribution is 5.82. The maximum atomic E-state index is 11.6. The molecule has 1 rings (SSSR count). The van der Waals surface area contributed by atoms with Crippen molar-refractivity contribution in [1.29, 1.82) is 0 Å². The molecule has 19 heavy (non-hydrogen) atoms. The van der Waals surface area contributed by atoms with Crippen LogP contribution in [0, 0.1) is 6.92 Å². The van der Waals surface area contributed by atoms with Crippen molar-refractivity contribution in [2.45, 2.75) is 6.92 Å². The first-order chi connectivity index (χ1) is 8.93. The van der Waals surface area contributed by atoms with Gasteiger partial charge >= 0.3 is 5.97 Å². The third-order valence-corrected chi connectivity index (χ3v) is 2.47. The highest BCUT2D eigenvalue weighted by Gasteiger charge is 2.08. The number of hydrogen-bond donors (Lipinski definition) is 1. The number of nitrogens with zero attached hydrogens (tertiary/aromatic N) is 1. The van der Waals surface area contributed by atoms with Gasteiger partial charge in [0.15, 0.2) is 12.4 Å². The summed E-state index contributed by atoms with van der Waals surface area (Å²) in [6, 6.07) is 1.42. The molecule has 104 valence electrons. The van der Waals surface area contributed by atoms with Crippen molar-refractivity contribution in [2.24, 2.45) is 7.05 Å². The van der Waals surface area contributed by atoms with Gasteiger partial charge in [-0.25, -0.2) is 0 Å². The number of nitrogens with one attached hydrogen (secondary N) is 1. The zero-order valence-electron chi connectivity index (χ0n) is 11.1. The smallest absolute Gasteiger partial charge is 0.325 e. The first-order valence-electron chi connectivity index (χ1n) is 5.57. The van der Waals surface area contributed by atoms with Gasteiger partial charge < -0.3 is 19.4 Å². The lowest BCUT2D eigenvalue weighted by Gasteiger charge is -2.09. The third kappa shape index (κ3) is 4.46. The number of carbonyl (C=O) groups is 2. The predicted molar refractivity (Wildman–Crippen MR) is 66.9 cm³/mol. The van der Waals surface area contributed by atoms with Gasteiger partial charge in [-0.1, -0.05) is 0 Å². The van der Waals surface area contributed by atoms with Crippen LogP contribution in [0.4, 0.5) is 0 Å². The van der Waals surface area contributed by atoms with Gasteiger partial charge in [0.25, 0.3) is 5.91 Å². The van der Waals surface area contributed by atoms with Gasteiger partial charge in [-0.2, -0.15) is 0 Å². The zero-order chi connectivity index (χ0) is 14.4. The Morgan fingerprint density at radius 3 is 2.74 bits per heavy atom. The molecule has 7 heteroatoms. The minimum absolute atomic E-state index is 0.0846. The normalized spacial score (nSPS) is 9.84. The van der Waals surface area contributed by atoms with Gasteiger partial charge in [0.05, 0.1) is 7.11 Å². The molecule has 0 atom stereocenters. The average Bonchev–Trinajstić information content (AvgIpc) is 2.38. The number of aryl methyl sites for hydroxylation is 2. The Balaban J connectivity index is 2.53. The fraction of sp³-hybridized carbons (Fsp3) is 0.417. The van der Waals surface area contributed by atoms with Crippen molar-refractivity contribution in [1.82, 2.24) is 9.88 Å².